The summed E-state index contributed by atoms with van der Waals surface area (Å²) >= 11 is 7.48. The molecular weight excluding hydrogens is 327 g/mol. The van der Waals surface area contributed by atoms with E-state index in [2.05, 4.69) is 10.0 Å². The largest absolute Gasteiger partial charge is 0.316 e. The Labute approximate surface area is 130 Å². The molecular formula is C11H18Cl2N2O2S2. The van der Waals surface area contributed by atoms with E-state index in [1.54, 1.807) is 12.1 Å². The topological polar surface area (TPSA) is 58.2 Å². The number of nitrogens with one attached hydrogen (secondary N) is 2. The number of likely N-dealkylation sites (N-methyl/N-ethyl adjacent to an activating group) is 1. The van der Waals surface area contributed by atoms with Crippen LogP contribution in [-0.4, -0.2) is 34.3 Å². The first-order valence-corrected chi connectivity index (χ1v) is 8.63. The Balaban J connectivity index is 0.00000324. The molecule has 0 saturated carbocycles. The van der Waals surface area contributed by atoms with Crippen LogP contribution in [0.5, 0.6) is 0 Å². The quantitative estimate of drug-likeness (QED) is 0.588. The van der Waals surface area contributed by atoms with E-state index in [1.807, 2.05) is 13.2 Å². The van der Waals surface area contributed by atoms with E-state index in [9.17, 15) is 8.42 Å². The Hall–Kier alpha value is 0.0200. The van der Waals surface area contributed by atoms with Crippen LogP contribution in [0.15, 0.2) is 28.0 Å². The zero-order chi connectivity index (χ0) is 13.6. The standard InChI is InChI=1S/C11H17ClN2O2S2.ClH/c1-3-13-6-7-14-18(15,16)9-4-5-11(17-2)10(12)8-9;/h4-5,8,13-14H,3,6-7H2,1-2H3;1H. The molecule has 0 heterocycles. The molecule has 0 aromatic heterocycles. The molecule has 0 fully saturated rings. The molecule has 0 aliphatic rings. The minimum atomic E-state index is -3.47. The van der Waals surface area contributed by atoms with Crippen LogP contribution in [-0.2, 0) is 10.0 Å². The van der Waals surface area contributed by atoms with Gasteiger partial charge in [-0.25, -0.2) is 13.1 Å². The van der Waals surface area contributed by atoms with Gasteiger partial charge < -0.3 is 5.32 Å². The summed E-state index contributed by atoms with van der Waals surface area (Å²) in [5.74, 6) is 0. The average Bonchev–Trinajstić information content (AvgIpc) is 2.34. The Morgan fingerprint density at radius 1 is 1.32 bits per heavy atom. The summed E-state index contributed by atoms with van der Waals surface area (Å²) in [5, 5.41) is 3.50. The van der Waals surface area contributed by atoms with E-state index in [0.29, 0.717) is 18.1 Å². The highest BCUT2D eigenvalue weighted by Gasteiger charge is 2.14. The van der Waals surface area contributed by atoms with Gasteiger partial charge in [0.25, 0.3) is 0 Å². The molecule has 1 aromatic rings. The monoisotopic (exact) mass is 344 g/mol. The lowest BCUT2D eigenvalue weighted by molar-refractivity contribution is 0.577. The van der Waals surface area contributed by atoms with Gasteiger partial charge in [-0.1, -0.05) is 18.5 Å². The van der Waals surface area contributed by atoms with Crippen LogP contribution in [0.1, 0.15) is 6.92 Å². The van der Waals surface area contributed by atoms with Gasteiger partial charge in [0, 0.05) is 18.0 Å². The van der Waals surface area contributed by atoms with Crippen molar-refractivity contribution >= 4 is 45.8 Å². The molecule has 110 valence electrons. The van der Waals surface area contributed by atoms with Gasteiger partial charge in [0.2, 0.25) is 10.0 Å². The molecule has 0 aliphatic heterocycles. The van der Waals surface area contributed by atoms with E-state index in [-0.39, 0.29) is 17.3 Å². The predicted octanol–water partition coefficient (Wildman–Crippen LogP) is 2.37. The van der Waals surface area contributed by atoms with Crippen LogP contribution in [0.4, 0.5) is 0 Å². The van der Waals surface area contributed by atoms with Crippen LogP contribution in [0, 0.1) is 0 Å². The van der Waals surface area contributed by atoms with E-state index < -0.39 is 10.0 Å². The third kappa shape index (κ3) is 5.89. The first-order chi connectivity index (χ1) is 8.51. The van der Waals surface area contributed by atoms with E-state index in [4.69, 9.17) is 11.6 Å². The fourth-order valence-corrected chi connectivity index (χ4v) is 3.34. The Morgan fingerprint density at radius 2 is 2.00 bits per heavy atom. The zero-order valence-corrected chi connectivity index (χ0v) is 14.0. The van der Waals surface area contributed by atoms with E-state index >= 15 is 0 Å². The summed E-state index contributed by atoms with van der Waals surface area (Å²) in [4.78, 5) is 1.06. The van der Waals surface area contributed by atoms with Crippen molar-refractivity contribution in [2.24, 2.45) is 0 Å². The first kappa shape index (κ1) is 19.0. The van der Waals surface area contributed by atoms with Crippen LogP contribution in [0.25, 0.3) is 0 Å². The van der Waals surface area contributed by atoms with Crippen molar-refractivity contribution in [1.29, 1.82) is 0 Å². The second kappa shape index (κ2) is 9.05. The van der Waals surface area contributed by atoms with Crippen molar-refractivity contribution in [3.05, 3.63) is 23.2 Å². The third-order valence-corrected chi connectivity index (χ3v) is 4.96. The zero-order valence-electron chi connectivity index (χ0n) is 10.8. The van der Waals surface area contributed by atoms with Gasteiger partial charge in [-0.2, -0.15) is 0 Å². The van der Waals surface area contributed by atoms with Crippen molar-refractivity contribution < 1.29 is 8.42 Å². The SMILES string of the molecule is CCNCCNS(=O)(=O)c1ccc(SC)c(Cl)c1.Cl. The van der Waals surface area contributed by atoms with Crippen molar-refractivity contribution in [3.63, 3.8) is 0 Å². The fourth-order valence-electron chi connectivity index (χ4n) is 1.35. The van der Waals surface area contributed by atoms with Crippen molar-refractivity contribution in [3.8, 4) is 0 Å². The molecule has 0 saturated heterocycles. The van der Waals surface area contributed by atoms with Crippen LogP contribution >= 0.6 is 35.8 Å². The number of sulfonamides is 1. The Bertz CT molecular complexity index is 495. The van der Waals surface area contributed by atoms with Gasteiger partial charge >= 0.3 is 0 Å². The maximum absolute atomic E-state index is 11.9. The lowest BCUT2D eigenvalue weighted by Gasteiger charge is -2.08. The molecule has 0 unspecified atom stereocenters. The number of hydrogen-bond acceptors (Lipinski definition) is 4. The second-order valence-electron chi connectivity index (χ2n) is 3.55. The summed E-state index contributed by atoms with van der Waals surface area (Å²) in [6, 6.07) is 4.75. The van der Waals surface area contributed by atoms with E-state index in [0.717, 1.165) is 11.4 Å². The molecule has 2 N–H and O–H groups in total. The normalized spacial score (nSPS) is 11.1. The summed E-state index contributed by atoms with van der Waals surface area (Å²) in [7, 11) is -3.47. The van der Waals surface area contributed by atoms with Crippen molar-refractivity contribution in [2.75, 3.05) is 25.9 Å². The number of thioether (sulfide) groups is 1. The van der Waals surface area contributed by atoms with Crippen LogP contribution in [0.3, 0.4) is 0 Å². The molecule has 8 heteroatoms. The highest BCUT2D eigenvalue weighted by Crippen LogP contribution is 2.27. The molecule has 0 atom stereocenters. The summed E-state index contributed by atoms with van der Waals surface area (Å²) in [6.45, 7) is 3.75. The van der Waals surface area contributed by atoms with Crippen molar-refractivity contribution in [2.45, 2.75) is 16.7 Å². The lowest BCUT2D eigenvalue weighted by atomic mass is 10.4. The molecule has 4 nitrogen and oxygen atoms in total. The highest BCUT2D eigenvalue weighted by molar-refractivity contribution is 7.98. The van der Waals surface area contributed by atoms with Crippen LogP contribution < -0.4 is 10.0 Å². The minimum absolute atomic E-state index is 0. The van der Waals surface area contributed by atoms with Gasteiger partial charge in [-0.05, 0) is 31.0 Å². The van der Waals surface area contributed by atoms with Crippen LogP contribution in [0.2, 0.25) is 5.02 Å². The Morgan fingerprint density at radius 3 is 2.53 bits per heavy atom. The Kier molecular flexibility index (Phi) is 9.06. The van der Waals surface area contributed by atoms with Crippen molar-refractivity contribution in [1.82, 2.24) is 10.0 Å². The highest BCUT2D eigenvalue weighted by atomic mass is 35.5. The molecule has 0 amide bonds. The fraction of sp³-hybridized carbons (Fsp3) is 0.455. The smallest absolute Gasteiger partial charge is 0.240 e. The van der Waals surface area contributed by atoms with E-state index in [1.165, 1.54) is 17.8 Å². The molecule has 1 aromatic carbocycles. The molecule has 1 rings (SSSR count). The maximum atomic E-state index is 11.9. The lowest BCUT2D eigenvalue weighted by Crippen LogP contribution is -2.31. The third-order valence-electron chi connectivity index (χ3n) is 2.28. The molecule has 0 radical (unpaired) electrons. The van der Waals surface area contributed by atoms with Gasteiger partial charge in [0.15, 0.2) is 0 Å². The minimum Gasteiger partial charge on any atom is -0.316 e. The summed E-state index contributed by atoms with van der Waals surface area (Å²) < 4.78 is 26.4. The molecule has 0 spiro atoms. The first-order valence-electron chi connectivity index (χ1n) is 5.55. The molecule has 19 heavy (non-hydrogen) atoms. The number of benzene rings is 1. The van der Waals surface area contributed by atoms with Gasteiger partial charge in [0.1, 0.15) is 0 Å². The number of hydrogen-bond donors (Lipinski definition) is 2. The summed E-state index contributed by atoms with van der Waals surface area (Å²) in [5.41, 5.74) is 0. The second-order valence-corrected chi connectivity index (χ2v) is 6.57. The van der Waals surface area contributed by atoms with Gasteiger partial charge in [-0.3, -0.25) is 0 Å². The summed E-state index contributed by atoms with van der Waals surface area (Å²) in [6.07, 6.45) is 1.89. The van der Waals surface area contributed by atoms with Gasteiger partial charge in [0.05, 0.1) is 9.92 Å². The molecule has 0 bridgehead atoms. The van der Waals surface area contributed by atoms with Gasteiger partial charge in [-0.15, -0.1) is 24.2 Å². The number of halogens is 2. The molecule has 0 aliphatic carbocycles. The maximum Gasteiger partial charge on any atom is 0.240 e. The predicted molar refractivity (Wildman–Crippen MR) is 84.2 cm³/mol. The average molecular weight is 345 g/mol. The number of rotatable bonds is 7.